The van der Waals surface area contributed by atoms with Gasteiger partial charge in [-0.2, -0.15) is 0 Å². The fraction of sp³-hybridized carbons (Fsp3) is 0.150. The van der Waals surface area contributed by atoms with E-state index in [0.29, 0.717) is 32.0 Å². The smallest absolute Gasteiger partial charge is 0.270 e. The van der Waals surface area contributed by atoms with E-state index in [1.54, 1.807) is 62.8 Å². The number of amides is 1. The zero-order valence-corrected chi connectivity index (χ0v) is 16.6. The Hall–Kier alpha value is -2.64. The van der Waals surface area contributed by atoms with Gasteiger partial charge in [-0.25, -0.2) is 0 Å². The number of ketones is 1. The molecule has 0 unspecified atom stereocenters. The summed E-state index contributed by atoms with van der Waals surface area (Å²) < 4.78 is 11.0. The van der Waals surface area contributed by atoms with Gasteiger partial charge in [0, 0.05) is 11.1 Å². The van der Waals surface area contributed by atoms with Crippen LogP contribution in [0.5, 0.6) is 11.5 Å². The summed E-state index contributed by atoms with van der Waals surface area (Å²) in [6.07, 6.45) is 1.74. The van der Waals surface area contributed by atoms with Gasteiger partial charge in [0.1, 0.15) is 11.5 Å². The molecule has 1 heterocycles. The van der Waals surface area contributed by atoms with Gasteiger partial charge in [0.25, 0.3) is 5.91 Å². The van der Waals surface area contributed by atoms with Gasteiger partial charge >= 0.3 is 0 Å². The first-order valence-corrected chi connectivity index (χ1v) is 9.28. The van der Waals surface area contributed by atoms with E-state index in [4.69, 9.17) is 21.7 Å². The topological polar surface area (TPSA) is 55.8 Å². The van der Waals surface area contributed by atoms with Crippen LogP contribution in [0.1, 0.15) is 22.8 Å². The van der Waals surface area contributed by atoms with Crippen LogP contribution in [0.25, 0.3) is 6.08 Å². The Labute approximate surface area is 167 Å². The number of nitrogens with zero attached hydrogens (tertiary/aromatic N) is 1. The van der Waals surface area contributed by atoms with Crippen molar-refractivity contribution in [1.82, 2.24) is 0 Å². The average Bonchev–Trinajstić information content (AvgIpc) is 2.95. The number of Topliss-reactive ketones (excluding diaryl/α,β-unsaturated/α-hetero) is 1. The summed E-state index contributed by atoms with van der Waals surface area (Å²) >= 11 is 6.61. The monoisotopic (exact) mass is 399 g/mol. The molecule has 0 aliphatic carbocycles. The van der Waals surface area contributed by atoms with Crippen molar-refractivity contribution in [1.29, 1.82) is 0 Å². The summed E-state index contributed by atoms with van der Waals surface area (Å²) in [5.41, 5.74) is 1.94. The zero-order valence-electron chi connectivity index (χ0n) is 15.0. The molecule has 1 amide bonds. The molecule has 1 aliphatic heterocycles. The third kappa shape index (κ3) is 3.89. The predicted octanol–water partition coefficient (Wildman–Crippen LogP) is 4.31. The number of ether oxygens (including phenoxy) is 2. The maximum Gasteiger partial charge on any atom is 0.270 e. The fourth-order valence-electron chi connectivity index (χ4n) is 2.63. The lowest BCUT2D eigenvalue weighted by atomic mass is 10.1. The van der Waals surface area contributed by atoms with Crippen molar-refractivity contribution in [3.8, 4) is 11.5 Å². The Balaban J connectivity index is 1.94. The highest BCUT2D eigenvalue weighted by atomic mass is 32.2. The SMILES string of the molecule is COc1ccc(OC)c(/C=C2\SC(=S)N(c3ccc(C(C)=O)cc3)C2=O)c1. The maximum atomic E-state index is 12.9. The number of anilines is 1. The van der Waals surface area contributed by atoms with Crippen molar-refractivity contribution >= 4 is 51.8 Å². The van der Waals surface area contributed by atoms with Crippen LogP contribution in [-0.4, -0.2) is 30.2 Å². The van der Waals surface area contributed by atoms with Gasteiger partial charge < -0.3 is 9.47 Å². The normalized spacial score (nSPS) is 15.4. The van der Waals surface area contributed by atoms with Crippen molar-refractivity contribution in [3.05, 3.63) is 58.5 Å². The average molecular weight is 399 g/mol. The number of thiocarbonyl (C=S) groups is 1. The lowest BCUT2D eigenvalue weighted by Gasteiger charge is -2.14. The number of carbonyl (C=O) groups is 2. The standard InChI is InChI=1S/C20H17NO4S2/c1-12(22)13-4-6-15(7-5-13)21-19(23)18(27-20(21)26)11-14-10-16(24-2)8-9-17(14)25-3/h4-11H,1-3H3/b18-11-. The molecular weight excluding hydrogens is 382 g/mol. The van der Waals surface area contributed by atoms with Crippen LogP contribution >= 0.6 is 24.0 Å². The van der Waals surface area contributed by atoms with Gasteiger partial charge in [0.15, 0.2) is 10.1 Å². The summed E-state index contributed by atoms with van der Waals surface area (Å²) in [4.78, 5) is 26.3. The van der Waals surface area contributed by atoms with Crippen LogP contribution in [0, 0.1) is 0 Å². The minimum Gasteiger partial charge on any atom is -0.497 e. The maximum absolute atomic E-state index is 12.9. The first-order chi connectivity index (χ1) is 12.9. The number of hydrogen-bond acceptors (Lipinski definition) is 6. The quantitative estimate of drug-likeness (QED) is 0.424. The van der Waals surface area contributed by atoms with E-state index in [9.17, 15) is 9.59 Å². The highest BCUT2D eigenvalue weighted by Gasteiger charge is 2.33. The van der Waals surface area contributed by atoms with E-state index in [1.807, 2.05) is 0 Å². The van der Waals surface area contributed by atoms with Crippen LogP contribution < -0.4 is 14.4 Å². The first kappa shape index (κ1) is 19.1. The van der Waals surface area contributed by atoms with Gasteiger partial charge in [0.05, 0.1) is 24.8 Å². The molecular formula is C20H17NO4S2. The summed E-state index contributed by atoms with van der Waals surface area (Å²) in [5, 5.41) is 0. The van der Waals surface area contributed by atoms with Crippen molar-refractivity contribution < 1.29 is 19.1 Å². The molecule has 0 N–H and O–H groups in total. The van der Waals surface area contributed by atoms with Gasteiger partial charge in [-0.05, 0) is 55.5 Å². The minimum absolute atomic E-state index is 0.0306. The van der Waals surface area contributed by atoms with Crippen LogP contribution in [0.2, 0.25) is 0 Å². The van der Waals surface area contributed by atoms with Gasteiger partial charge in [-0.15, -0.1) is 0 Å². The molecule has 0 bridgehead atoms. The van der Waals surface area contributed by atoms with E-state index in [1.165, 1.54) is 23.6 Å². The van der Waals surface area contributed by atoms with Gasteiger partial charge in [0.2, 0.25) is 0 Å². The van der Waals surface area contributed by atoms with Gasteiger partial charge in [-0.1, -0.05) is 24.0 Å². The number of rotatable bonds is 5. The number of methoxy groups -OCH3 is 2. The molecule has 3 rings (SSSR count). The highest BCUT2D eigenvalue weighted by Crippen LogP contribution is 2.37. The van der Waals surface area contributed by atoms with Crippen molar-refractivity contribution in [3.63, 3.8) is 0 Å². The number of carbonyl (C=O) groups excluding carboxylic acids is 2. The van der Waals surface area contributed by atoms with Crippen LogP contribution in [-0.2, 0) is 4.79 Å². The molecule has 1 aliphatic rings. The summed E-state index contributed by atoms with van der Waals surface area (Å²) in [6.45, 7) is 1.50. The lowest BCUT2D eigenvalue weighted by molar-refractivity contribution is -0.113. The Morgan fingerprint density at radius 1 is 1.11 bits per heavy atom. The molecule has 0 saturated carbocycles. The number of hydrogen-bond donors (Lipinski definition) is 0. The number of benzene rings is 2. The molecule has 7 heteroatoms. The minimum atomic E-state index is -0.217. The lowest BCUT2D eigenvalue weighted by Crippen LogP contribution is -2.27. The van der Waals surface area contributed by atoms with Crippen LogP contribution in [0.4, 0.5) is 5.69 Å². The molecule has 2 aromatic rings. The van der Waals surface area contributed by atoms with E-state index in [0.717, 1.165) is 5.56 Å². The van der Waals surface area contributed by atoms with Crippen LogP contribution in [0.3, 0.4) is 0 Å². The highest BCUT2D eigenvalue weighted by molar-refractivity contribution is 8.27. The first-order valence-electron chi connectivity index (χ1n) is 8.05. The van der Waals surface area contributed by atoms with Crippen molar-refractivity contribution in [2.24, 2.45) is 0 Å². The Morgan fingerprint density at radius 2 is 1.81 bits per heavy atom. The second kappa shape index (κ2) is 7.94. The molecule has 2 aromatic carbocycles. The second-order valence-electron chi connectivity index (χ2n) is 5.73. The summed E-state index contributed by atoms with van der Waals surface area (Å²) in [6, 6.07) is 12.2. The Bertz CT molecular complexity index is 951. The van der Waals surface area contributed by atoms with E-state index < -0.39 is 0 Å². The molecule has 0 spiro atoms. The molecule has 1 saturated heterocycles. The van der Waals surface area contributed by atoms with Gasteiger partial charge in [-0.3, -0.25) is 14.5 Å². The van der Waals surface area contributed by atoms with Crippen molar-refractivity contribution in [2.45, 2.75) is 6.92 Å². The molecule has 0 atom stereocenters. The third-order valence-corrected chi connectivity index (χ3v) is 5.35. The van der Waals surface area contributed by atoms with E-state index in [2.05, 4.69) is 0 Å². The molecule has 0 radical (unpaired) electrons. The largest absolute Gasteiger partial charge is 0.497 e. The Morgan fingerprint density at radius 3 is 2.41 bits per heavy atom. The molecule has 5 nitrogen and oxygen atoms in total. The Kier molecular flexibility index (Phi) is 5.62. The van der Waals surface area contributed by atoms with Crippen molar-refractivity contribution in [2.75, 3.05) is 19.1 Å². The summed E-state index contributed by atoms with van der Waals surface area (Å²) in [5.74, 6) is 1.05. The zero-order chi connectivity index (χ0) is 19.6. The summed E-state index contributed by atoms with van der Waals surface area (Å²) in [7, 11) is 3.15. The molecule has 0 aromatic heterocycles. The fourth-order valence-corrected chi connectivity index (χ4v) is 3.92. The number of thioether (sulfide) groups is 1. The second-order valence-corrected chi connectivity index (χ2v) is 7.40. The molecule has 27 heavy (non-hydrogen) atoms. The predicted molar refractivity (Wildman–Crippen MR) is 112 cm³/mol. The van der Waals surface area contributed by atoms with Crippen LogP contribution in [0.15, 0.2) is 47.4 Å². The molecule has 138 valence electrons. The van der Waals surface area contributed by atoms with E-state index >= 15 is 0 Å². The third-order valence-electron chi connectivity index (χ3n) is 4.05. The molecule has 1 fully saturated rings. The van der Waals surface area contributed by atoms with E-state index in [-0.39, 0.29) is 11.7 Å².